The number of fused-ring (bicyclic) bond motifs is 3. The number of esters is 3. The van der Waals surface area contributed by atoms with Gasteiger partial charge in [0.2, 0.25) is 0 Å². The molecule has 6 heterocycles. The SMILES string of the molecule is CCCCCCCCCCCC(=O)O[C@@H]1[C@@H](O)[C@@H](O)[C@H](O[C@@H]2[C@@H](O[C@@H]3O[C@H](CO)[C@@H](O)[C@H](O)[C@H]3O)[C@@H](OC(=O)[C@@H](C)CC)[C@H](O[C@@H]3[C@H]4OC(=O)CCCCCCCCCC(CCCCC)O[C@@H]5O[C@H](C)[C@H](O)[C@H](O)[C@H]5O[C@H](O[C@H]3C)[C@@H]4O)O[C@H]2C)O[C@H]1C. The highest BCUT2D eigenvalue weighted by Crippen LogP contribution is 2.40. The molecule has 6 saturated heterocycles. The molecule has 0 aliphatic carbocycles. The quantitative estimate of drug-likeness (QED) is 0.0349. The van der Waals surface area contributed by atoms with Gasteiger partial charge in [0.15, 0.2) is 49.8 Å². The normalized spacial score (nSPS) is 41.3. The van der Waals surface area contributed by atoms with Crippen molar-refractivity contribution in [2.45, 2.75) is 369 Å². The molecule has 0 radical (unpaired) electrons. The molecule has 6 fully saturated rings. The number of carbonyl (C=O) groups excluding carboxylic acids is 3. The fraction of sp³-hybridized carbons (Fsp3) is 0.952. The maximum atomic E-state index is 14.2. The zero-order valence-electron chi connectivity index (χ0n) is 53.3. The third-order valence-electron chi connectivity index (χ3n) is 18.2. The van der Waals surface area contributed by atoms with E-state index in [2.05, 4.69) is 13.8 Å². The molecular weight excluding hydrogens is 1160 g/mol. The largest absolute Gasteiger partial charge is 0.457 e. The van der Waals surface area contributed by atoms with Crippen LogP contribution in [0.15, 0.2) is 0 Å². The van der Waals surface area contributed by atoms with E-state index < -0.39 is 184 Å². The van der Waals surface area contributed by atoms with Crippen molar-refractivity contribution < 1.29 is 122 Å². The second kappa shape index (κ2) is 37.5. The van der Waals surface area contributed by atoms with Crippen LogP contribution in [-0.4, -0.2) is 230 Å². The lowest BCUT2D eigenvalue weighted by atomic mass is 9.95. The van der Waals surface area contributed by atoms with E-state index in [0.717, 1.165) is 83.5 Å². The fourth-order valence-corrected chi connectivity index (χ4v) is 12.3. The predicted octanol–water partition coefficient (Wildman–Crippen LogP) is 4.30. The molecule has 1 unspecified atom stereocenters. The van der Waals surface area contributed by atoms with Crippen LogP contribution in [0.2, 0.25) is 0 Å². The van der Waals surface area contributed by atoms with Crippen LogP contribution in [0.1, 0.15) is 209 Å². The molecule has 2 bridgehead atoms. The standard InChI is InChI=1S/C63H110O25/c1-9-12-14-15-16-17-20-23-27-31-41(65)82-51-36(6)77-59(49(73)47(51)71)85-53-38(8)79-63(57(84-58(75)34(4)11-3)56(53)88-60-48(72)45(69)44(68)40(33-64)81-60)86-52-37(7)78-61-50(74)54(52)83-42(66)32-28-24-21-18-19-22-26-30-39(29-25-13-10-2)80-62-55(87-61)46(70)43(67)35(5)76-62/h34-40,43-57,59-64,67-74H,9-33H2,1-8H3/t34-,35+,36-,37-,38-,39?,40+,43-,44+,45-,46-,47-,48+,49+,50+,51-,52-,53-,54-,55+,56+,57+,59-,60-,61-,62-,63-/m0/s1. The Hall–Kier alpha value is -2.35. The second-order valence-electron chi connectivity index (χ2n) is 25.4. The smallest absolute Gasteiger partial charge is 0.309 e. The van der Waals surface area contributed by atoms with E-state index in [1.54, 1.807) is 20.8 Å². The van der Waals surface area contributed by atoms with Gasteiger partial charge in [0.1, 0.15) is 79.4 Å². The van der Waals surface area contributed by atoms with Crippen molar-refractivity contribution in [2.24, 2.45) is 5.92 Å². The van der Waals surface area contributed by atoms with Crippen LogP contribution in [0.5, 0.6) is 0 Å². The topological polar surface area (TPSA) is 353 Å². The lowest BCUT2D eigenvalue weighted by Crippen LogP contribution is -2.68. The summed E-state index contributed by atoms with van der Waals surface area (Å²) in [7, 11) is 0. The van der Waals surface area contributed by atoms with Gasteiger partial charge in [0.25, 0.3) is 0 Å². The fourth-order valence-electron chi connectivity index (χ4n) is 12.3. The Bertz CT molecular complexity index is 2010. The van der Waals surface area contributed by atoms with E-state index in [1.165, 1.54) is 46.5 Å². The molecule has 6 aliphatic rings. The van der Waals surface area contributed by atoms with Crippen molar-refractivity contribution in [3.63, 3.8) is 0 Å². The molecule has 6 aliphatic heterocycles. The number of ether oxygens (including phenoxy) is 13. The number of hydrogen-bond acceptors (Lipinski definition) is 25. The van der Waals surface area contributed by atoms with E-state index in [9.17, 15) is 60.3 Å². The molecule has 0 amide bonds. The minimum atomic E-state index is -2.02. The van der Waals surface area contributed by atoms with Crippen LogP contribution in [0.3, 0.4) is 0 Å². The van der Waals surface area contributed by atoms with E-state index in [-0.39, 0.29) is 25.4 Å². The van der Waals surface area contributed by atoms with Gasteiger partial charge in [-0.2, -0.15) is 0 Å². The average Bonchev–Trinajstić information content (AvgIpc) is 3.69. The summed E-state index contributed by atoms with van der Waals surface area (Å²) in [5, 5.41) is 102. The summed E-state index contributed by atoms with van der Waals surface area (Å²) in [6.07, 6.45) is -20.3. The number of carbonyl (C=O) groups is 3. The summed E-state index contributed by atoms with van der Waals surface area (Å²) >= 11 is 0. The highest BCUT2D eigenvalue weighted by atomic mass is 16.8. The first-order valence-electron chi connectivity index (χ1n) is 33.3. The summed E-state index contributed by atoms with van der Waals surface area (Å²) in [5.74, 6) is -2.90. The summed E-state index contributed by atoms with van der Waals surface area (Å²) < 4.78 is 82.0. The van der Waals surface area contributed by atoms with Crippen LogP contribution in [-0.2, 0) is 76.0 Å². The number of hydrogen-bond donors (Lipinski definition) is 9. The van der Waals surface area contributed by atoms with Crippen molar-refractivity contribution in [1.82, 2.24) is 0 Å². The Morgan fingerprint density at radius 3 is 1.72 bits per heavy atom. The Balaban J connectivity index is 1.30. The molecule has 0 aromatic carbocycles. The lowest BCUT2D eigenvalue weighted by Gasteiger charge is -2.51. The highest BCUT2D eigenvalue weighted by molar-refractivity contribution is 5.72. The van der Waals surface area contributed by atoms with Gasteiger partial charge in [-0.25, -0.2) is 0 Å². The Morgan fingerprint density at radius 1 is 0.489 bits per heavy atom. The predicted molar refractivity (Wildman–Crippen MR) is 312 cm³/mol. The molecule has 27 atom stereocenters. The number of unbranched alkanes of at least 4 members (excludes halogenated alkanes) is 10. The lowest BCUT2D eigenvalue weighted by molar-refractivity contribution is -0.400. The van der Waals surface area contributed by atoms with Crippen LogP contribution < -0.4 is 0 Å². The van der Waals surface area contributed by atoms with Gasteiger partial charge in [-0.3, -0.25) is 14.4 Å². The molecule has 0 aromatic rings. The highest BCUT2D eigenvalue weighted by Gasteiger charge is 2.59. The minimum absolute atomic E-state index is 0.0452. The molecule has 512 valence electrons. The first-order chi connectivity index (χ1) is 42.1. The molecule has 9 N–H and O–H groups in total. The number of rotatable bonds is 25. The Morgan fingerprint density at radius 2 is 1.05 bits per heavy atom. The zero-order chi connectivity index (χ0) is 64.2. The number of aliphatic hydroxyl groups excluding tert-OH is 9. The first-order valence-corrected chi connectivity index (χ1v) is 33.3. The average molecular weight is 1270 g/mol. The summed E-state index contributed by atoms with van der Waals surface area (Å²) in [6.45, 7) is 12.9. The monoisotopic (exact) mass is 1270 g/mol. The molecule has 0 saturated carbocycles. The molecule has 0 aromatic heterocycles. The van der Waals surface area contributed by atoms with Gasteiger partial charge in [-0.15, -0.1) is 0 Å². The van der Waals surface area contributed by atoms with Crippen molar-refractivity contribution in [3.8, 4) is 0 Å². The van der Waals surface area contributed by atoms with E-state index >= 15 is 0 Å². The van der Waals surface area contributed by atoms with Gasteiger partial charge < -0.3 is 108 Å². The van der Waals surface area contributed by atoms with Crippen molar-refractivity contribution >= 4 is 17.9 Å². The second-order valence-corrected chi connectivity index (χ2v) is 25.4. The molecule has 25 nitrogen and oxygen atoms in total. The molecule has 6 rings (SSSR count). The van der Waals surface area contributed by atoms with Crippen molar-refractivity contribution in [2.75, 3.05) is 6.61 Å². The Labute approximate surface area is 519 Å². The third kappa shape index (κ3) is 20.8. The van der Waals surface area contributed by atoms with Crippen LogP contribution in [0.25, 0.3) is 0 Å². The van der Waals surface area contributed by atoms with Crippen LogP contribution in [0, 0.1) is 5.92 Å². The Kier molecular flexibility index (Phi) is 31.8. The molecule has 25 heteroatoms. The van der Waals surface area contributed by atoms with Gasteiger partial charge in [-0.1, -0.05) is 137 Å². The first kappa shape index (κ1) is 74.7. The summed E-state index contributed by atoms with van der Waals surface area (Å²) in [4.78, 5) is 41.3. The number of aliphatic hydroxyl groups is 9. The molecule has 0 spiro atoms. The van der Waals surface area contributed by atoms with Gasteiger partial charge in [-0.05, 0) is 59.8 Å². The van der Waals surface area contributed by atoms with Gasteiger partial charge >= 0.3 is 17.9 Å². The maximum Gasteiger partial charge on any atom is 0.309 e. The molecular formula is C63H110O25. The van der Waals surface area contributed by atoms with Crippen molar-refractivity contribution in [3.05, 3.63) is 0 Å². The van der Waals surface area contributed by atoms with E-state index in [0.29, 0.717) is 25.7 Å². The summed E-state index contributed by atoms with van der Waals surface area (Å²) in [5.41, 5.74) is 0. The van der Waals surface area contributed by atoms with E-state index in [1.807, 2.05) is 0 Å². The molecule has 88 heavy (non-hydrogen) atoms. The van der Waals surface area contributed by atoms with Crippen molar-refractivity contribution in [1.29, 1.82) is 0 Å². The third-order valence-corrected chi connectivity index (χ3v) is 18.2. The minimum Gasteiger partial charge on any atom is -0.457 e. The van der Waals surface area contributed by atoms with Crippen LogP contribution in [0.4, 0.5) is 0 Å². The van der Waals surface area contributed by atoms with Gasteiger partial charge in [0, 0.05) is 12.8 Å². The zero-order valence-corrected chi connectivity index (χ0v) is 53.3. The van der Waals surface area contributed by atoms with E-state index in [4.69, 9.17) is 61.6 Å². The van der Waals surface area contributed by atoms with Gasteiger partial charge in [0.05, 0.1) is 43.0 Å². The maximum absolute atomic E-state index is 14.2. The van der Waals surface area contributed by atoms with Crippen LogP contribution >= 0.6 is 0 Å². The summed E-state index contributed by atoms with van der Waals surface area (Å²) in [6, 6.07) is 0.